The zero-order chi connectivity index (χ0) is 17.5. The van der Waals surface area contributed by atoms with Crippen molar-refractivity contribution in [3.63, 3.8) is 0 Å². The molecule has 0 aromatic heterocycles. The van der Waals surface area contributed by atoms with Gasteiger partial charge in [0.05, 0.1) is 13.0 Å². The molecule has 1 aromatic carbocycles. The van der Waals surface area contributed by atoms with Gasteiger partial charge in [0, 0.05) is 17.6 Å². The number of hydrogen-bond acceptors (Lipinski definition) is 4. The van der Waals surface area contributed by atoms with E-state index in [1.54, 1.807) is 24.3 Å². The van der Waals surface area contributed by atoms with Crippen molar-refractivity contribution in [2.45, 2.75) is 39.2 Å². The third-order valence-corrected chi connectivity index (χ3v) is 3.49. The first kappa shape index (κ1) is 19.0. The second kappa shape index (κ2) is 8.53. The summed E-state index contributed by atoms with van der Waals surface area (Å²) < 4.78 is 5.50. The number of benzene rings is 1. The maximum atomic E-state index is 12.0. The molecule has 1 unspecified atom stereocenters. The number of nitrogens with two attached hydrogens (primary N) is 2. The molecule has 1 aromatic rings. The summed E-state index contributed by atoms with van der Waals surface area (Å²) in [7, 11) is 0. The third-order valence-electron chi connectivity index (χ3n) is 3.49. The van der Waals surface area contributed by atoms with Crippen LogP contribution in [0.25, 0.3) is 0 Å². The Kier molecular flexibility index (Phi) is 7.03. The van der Waals surface area contributed by atoms with E-state index in [0.29, 0.717) is 23.8 Å². The lowest BCUT2D eigenvalue weighted by atomic mass is 9.90. The minimum absolute atomic E-state index is 0.0904. The summed E-state index contributed by atoms with van der Waals surface area (Å²) in [6, 6.07) is 6.49. The van der Waals surface area contributed by atoms with Crippen molar-refractivity contribution in [1.29, 1.82) is 0 Å². The monoisotopic (exact) mass is 321 g/mol. The van der Waals surface area contributed by atoms with Gasteiger partial charge in [-0.2, -0.15) is 0 Å². The number of primary amides is 1. The van der Waals surface area contributed by atoms with E-state index < -0.39 is 11.4 Å². The van der Waals surface area contributed by atoms with Gasteiger partial charge in [0.2, 0.25) is 11.8 Å². The van der Waals surface area contributed by atoms with Gasteiger partial charge in [-0.3, -0.25) is 9.59 Å². The van der Waals surface area contributed by atoms with Crippen LogP contribution in [0.5, 0.6) is 5.75 Å². The van der Waals surface area contributed by atoms with Crippen molar-refractivity contribution >= 4 is 11.8 Å². The molecule has 128 valence electrons. The highest BCUT2D eigenvalue weighted by atomic mass is 16.5. The molecule has 0 fully saturated rings. The van der Waals surface area contributed by atoms with E-state index in [4.69, 9.17) is 16.2 Å². The van der Waals surface area contributed by atoms with E-state index in [9.17, 15) is 9.59 Å². The maximum absolute atomic E-state index is 12.0. The minimum atomic E-state index is -0.484. The molecule has 5 N–H and O–H groups in total. The fraction of sp³-hybridized carbons (Fsp3) is 0.529. The lowest BCUT2D eigenvalue weighted by Crippen LogP contribution is -2.52. The van der Waals surface area contributed by atoms with Crippen LogP contribution in [0.2, 0.25) is 0 Å². The number of ether oxygens (including phenoxy) is 1. The molecule has 23 heavy (non-hydrogen) atoms. The number of amides is 2. The molecule has 0 aliphatic heterocycles. The summed E-state index contributed by atoms with van der Waals surface area (Å²) in [5.74, 6) is 0.463. The number of rotatable bonds is 9. The quantitative estimate of drug-likeness (QED) is 0.639. The van der Waals surface area contributed by atoms with Crippen LogP contribution >= 0.6 is 0 Å². The van der Waals surface area contributed by atoms with Crippen LogP contribution in [0.1, 0.15) is 44.0 Å². The molecule has 1 atom stereocenters. The lowest BCUT2D eigenvalue weighted by molar-refractivity contribution is -0.123. The SMILES string of the molecule is CC(C)CC(C)(CN)NC(=O)CCOc1ccc(C(N)=O)cc1. The fourth-order valence-corrected chi connectivity index (χ4v) is 2.46. The van der Waals surface area contributed by atoms with Crippen molar-refractivity contribution in [1.82, 2.24) is 5.32 Å². The zero-order valence-electron chi connectivity index (χ0n) is 14.1. The van der Waals surface area contributed by atoms with E-state index in [1.807, 2.05) is 6.92 Å². The van der Waals surface area contributed by atoms with Crippen LogP contribution in [0.3, 0.4) is 0 Å². The number of carbonyl (C=O) groups is 2. The average molecular weight is 321 g/mol. The maximum Gasteiger partial charge on any atom is 0.248 e. The van der Waals surface area contributed by atoms with Crippen LogP contribution < -0.4 is 21.5 Å². The first-order chi connectivity index (χ1) is 10.8. The summed E-state index contributed by atoms with van der Waals surface area (Å²) in [6.07, 6.45) is 1.07. The van der Waals surface area contributed by atoms with Crippen LogP contribution in [0, 0.1) is 5.92 Å². The van der Waals surface area contributed by atoms with E-state index in [0.717, 1.165) is 6.42 Å². The molecule has 0 heterocycles. The number of hydrogen-bond donors (Lipinski definition) is 3. The number of carbonyl (C=O) groups excluding carboxylic acids is 2. The van der Waals surface area contributed by atoms with Crippen molar-refractivity contribution < 1.29 is 14.3 Å². The summed E-state index contributed by atoms with van der Waals surface area (Å²) in [4.78, 5) is 23.0. The Morgan fingerprint density at radius 1 is 1.26 bits per heavy atom. The molecular formula is C17H27N3O3. The van der Waals surface area contributed by atoms with Crippen molar-refractivity contribution in [3.05, 3.63) is 29.8 Å². The fourth-order valence-electron chi connectivity index (χ4n) is 2.46. The largest absolute Gasteiger partial charge is 0.493 e. The second-order valence-electron chi connectivity index (χ2n) is 6.40. The van der Waals surface area contributed by atoms with Gasteiger partial charge in [-0.15, -0.1) is 0 Å². The topological polar surface area (TPSA) is 107 Å². The van der Waals surface area contributed by atoms with Gasteiger partial charge >= 0.3 is 0 Å². The minimum Gasteiger partial charge on any atom is -0.493 e. The molecule has 0 aliphatic carbocycles. The highest BCUT2D eigenvalue weighted by Crippen LogP contribution is 2.16. The first-order valence-electron chi connectivity index (χ1n) is 7.79. The Morgan fingerprint density at radius 2 is 1.87 bits per heavy atom. The molecule has 1 rings (SSSR count). The first-order valence-corrected chi connectivity index (χ1v) is 7.79. The summed E-state index contributed by atoms with van der Waals surface area (Å²) >= 11 is 0. The van der Waals surface area contributed by atoms with Crippen LogP contribution in [0.15, 0.2) is 24.3 Å². The van der Waals surface area contributed by atoms with Crippen molar-refractivity contribution in [2.24, 2.45) is 17.4 Å². The molecule has 6 heteroatoms. The standard InChI is InChI=1S/C17H27N3O3/c1-12(2)10-17(3,11-18)20-15(21)8-9-23-14-6-4-13(5-7-14)16(19)22/h4-7,12H,8-11,18H2,1-3H3,(H2,19,22)(H,20,21). The van der Waals surface area contributed by atoms with Gasteiger partial charge in [0.25, 0.3) is 0 Å². The normalized spacial score (nSPS) is 13.4. The Hall–Kier alpha value is -2.08. The third kappa shape index (κ3) is 6.69. The molecule has 0 radical (unpaired) electrons. The molecule has 0 saturated heterocycles. The van der Waals surface area contributed by atoms with Gasteiger partial charge in [0.15, 0.2) is 0 Å². The van der Waals surface area contributed by atoms with Gasteiger partial charge in [-0.25, -0.2) is 0 Å². The molecule has 2 amide bonds. The highest BCUT2D eigenvalue weighted by Gasteiger charge is 2.25. The number of nitrogens with one attached hydrogen (secondary N) is 1. The van der Waals surface area contributed by atoms with Gasteiger partial charge in [0.1, 0.15) is 5.75 Å². The predicted octanol–water partition coefficient (Wildman–Crippen LogP) is 1.43. The van der Waals surface area contributed by atoms with Gasteiger partial charge < -0.3 is 21.5 Å². The Morgan fingerprint density at radius 3 is 2.35 bits per heavy atom. The van der Waals surface area contributed by atoms with E-state index in [2.05, 4.69) is 19.2 Å². The molecule has 6 nitrogen and oxygen atoms in total. The van der Waals surface area contributed by atoms with Crippen LogP contribution in [-0.2, 0) is 4.79 Å². The van der Waals surface area contributed by atoms with Gasteiger partial charge in [-0.1, -0.05) is 13.8 Å². The summed E-state index contributed by atoms with van der Waals surface area (Å²) in [5, 5.41) is 2.98. The predicted molar refractivity (Wildman–Crippen MR) is 90.1 cm³/mol. The summed E-state index contributed by atoms with van der Waals surface area (Å²) in [6.45, 7) is 6.79. The Labute approximate surface area is 137 Å². The van der Waals surface area contributed by atoms with Crippen molar-refractivity contribution in [3.8, 4) is 5.75 Å². The Balaban J connectivity index is 2.42. The highest BCUT2D eigenvalue weighted by molar-refractivity contribution is 5.92. The Bertz CT molecular complexity index is 528. The van der Waals surface area contributed by atoms with Gasteiger partial charge in [-0.05, 0) is 43.5 Å². The van der Waals surface area contributed by atoms with Crippen LogP contribution in [0.4, 0.5) is 0 Å². The molecule has 0 bridgehead atoms. The lowest BCUT2D eigenvalue weighted by Gasteiger charge is -2.31. The van der Waals surface area contributed by atoms with E-state index in [-0.39, 0.29) is 18.9 Å². The molecule has 0 spiro atoms. The summed E-state index contributed by atoms with van der Waals surface area (Å²) in [5.41, 5.74) is 11.0. The zero-order valence-corrected chi connectivity index (χ0v) is 14.1. The average Bonchev–Trinajstić information content (AvgIpc) is 2.46. The molecule has 0 saturated carbocycles. The molecular weight excluding hydrogens is 294 g/mol. The second-order valence-corrected chi connectivity index (χ2v) is 6.40. The van der Waals surface area contributed by atoms with Crippen LogP contribution in [-0.4, -0.2) is 30.5 Å². The van der Waals surface area contributed by atoms with Crippen molar-refractivity contribution in [2.75, 3.05) is 13.2 Å². The van der Waals surface area contributed by atoms with E-state index in [1.165, 1.54) is 0 Å². The molecule has 0 aliphatic rings. The van der Waals surface area contributed by atoms with E-state index >= 15 is 0 Å². The smallest absolute Gasteiger partial charge is 0.248 e.